The van der Waals surface area contributed by atoms with E-state index in [1.165, 1.54) is 4.90 Å². The third-order valence-electron chi connectivity index (χ3n) is 5.10. The maximum absolute atomic E-state index is 12.7. The van der Waals surface area contributed by atoms with Gasteiger partial charge in [0, 0.05) is 19.5 Å². The second kappa shape index (κ2) is 8.71. The second-order valence-corrected chi connectivity index (χ2v) is 8.82. The zero-order chi connectivity index (χ0) is 20.2. The van der Waals surface area contributed by atoms with Crippen molar-refractivity contribution in [1.29, 1.82) is 0 Å². The first-order valence-electron chi connectivity index (χ1n) is 9.76. The van der Waals surface area contributed by atoms with Gasteiger partial charge >= 0.3 is 11.9 Å². The number of Topliss-reactive ketones (excluding diaryl/α,β-unsaturated/α-hetero) is 1. The molecule has 152 valence electrons. The molecule has 1 atom stereocenters. The first-order valence-corrected chi connectivity index (χ1v) is 9.76. The zero-order valence-corrected chi connectivity index (χ0v) is 16.8. The fourth-order valence-corrected chi connectivity index (χ4v) is 3.56. The van der Waals surface area contributed by atoms with Gasteiger partial charge in [0.1, 0.15) is 0 Å². The third kappa shape index (κ3) is 5.94. The van der Waals surface area contributed by atoms with Crippen LogP contribution in [0.25, 0.3) is 0 Å². The second-order valence-electron chi connectivity index (χ2n) is 8.82. The van der Waals surface area contributed by atoms with E-state index in [1.807, 2.05) is 20.8 Å². The molecule has 2 N–H and O–H groups in total. The molecular formula is C19H32N4O4. The van der Waals surface area contributed by atoms with Crippen LogP contribution in [0.15, 0.2) is 0 Å². The molecule has 2 rings (SSSR count). The van der Waals surface area contributed by atoms with E-state index in [9.17, 15) is 19.2 Å². The molecule has 0 aromatic heterocycles. The molecule has 0 spiro atoms. The van der Waals surface area contributed by atoms with E-state index in [1.54, 1.807) is 7.05 Å². The molecule has 8 heteroatoms. The van der Waals surface area contributed by atoms with Gasteiger partial charge in [0.25, 0.3) is 0 Å². The van der Waals surface area contributed by atoms with Crippen molar-refractivity contribution in [2.24, 2.45) is 11.3 Å². The molecule has 27 heavy (non-hydrogen) atoms. The number of carbonyl (C=O) groups is 4. The van der Waals surface area contributed by atoms with Gasteiger partial charge in [-0.3, -0.25) is 19.8 Å². The molecule has 1 heterocycles. The van der Waals surface area contributed by atoms with Gasteiger partial charge in [-0.1, -0.05) is 40.0 Å². The smallest absolute Gasteiger partial charge is 0.338 e. The molecule has 0 aromatic carbocycles. The number of ketones is 1. The van der Waals surface area contributed by atoms with E-state index in [0.717, 1.165) is 37.1 Å². The van der Waals surface area contributed by atoms with Gasteiger partial charge in [-0.2, -0.15) is 0 Å². The summed E-state index contributed by atoms with van der Waals surface area (Å²) in [5, 5.41) is 3.94. The quantitative estimate of drug-likeness (QED) is 0.682. The minimum atomic E-state index is -0.894. The Morgan fingerprint density at radius 2 is 1.74 bits per heavy atom. The lowest BCUT2D eigenvalue weighted by Crippen LogP contribution is -2.54. The van der Waals surface area contributed by atoms with Crippen molar-refractivity contribution in [3.63, 3.8) is 0 Å². The Balaban J connectivity index is 2.02. The summed E-state index contributed by atoms with van der Waals surface area (Å²) in [5.74, 6) is -1.82. The third-order valence-corrected chi connectivity index (χ3v) is 5.10. The maximum Gasteiger partial charge on any atom is 0.338 e. The fourth-order valence-electron chi connectivity index (χ4n) is 3.56. The molecule has 1 unspecified atom stereocenters. The van der Waals surface area contributed by atoms with Crippen molar-refractivity contribution in [2.45, 2.75) is 65.3 Å². The van der Waals surface area contributed by atoms with Crippen LogP contribution >= 0.6 is 0 Å². The first-order chi connectivity index (χ1) is 12.6. The summed E-state index contributed by atoms with van der Waals surface area (Å²) < 4.78 is 0. The molecule has 2 aliphatic rings. The van der Waals surface area contributed by atoms with E-state index in [0.29, 0.717) is 19.5 Å². The summed E-state index contributed by atoms with van der Waals surface area (Å²) >= 11 is 0. The lowest BCUT2D eigenvalue weighted by molar-refractivity contribution is -0.142. The summed E-state index contributed by atoms with van der Waals surface area (Å²) in [6, 6.07) is -1.25. The van der Waals surface area contributed by atoms with Crippen molar-refractivity contribution in [3.8, 4) is 0 Å². The van der Waals surface area contributed by atoms with E-state index < -0.39 is 17.7 Å². The van der Waals surface area contributed by atoms with Gasteiger partial charge in [-0.25, -0.2) is 9.80 Å². The Labute approximate surface area is 161 Å². The highest BCUT2D eigenvalue weighted by molar-refractivity contribution is 6.38. The molecule has 1 saturated carbocycles. The predicted octanol–water partition coefficient (Wildman–Crippen LogP) is 1.46. The molecular weight excluding hydrogens is 348 g/mol. The number of nitrogens with one attached hydrogen (secondary N) is 2. The molecule has 0 bridgehead atoms. The summed E-state index contributed by atoms with van der Waals surface area (Å²) in [4.78, 5) is 51.1. The molecule has 0 radical (unpaired) electrons. The normalized spacial score (nSPS) is 19.8. The lowest BCUT2D eigenvalue weighted by atomic mass is 9.85. The van der Waals surface area contributed by atoms with Gasteiger partial charge in [-0.15, -0.1) is 0 Å². The summed E-state index contributed by atoms with van der Waals surface area (Å²) in [7, 11) is 1.63. The average molecular weight is 380 g/mol. The minimum absolute atomic E-state index is 0.0918. The monoisotopic (exact) mass is 380 g/mol. The molecule has 1 aliphatic carbocycles. The Hall–Kier alpha value is -2.12. The molecule has 1 saturated heterocycles. The van der Waals surface area contributed by atoms with Crippen molar-refractivity contribution in [3.05, 3.63) is 0 Å². The first kappa shape index (κ1) is 21.2. The van der Waals surface area contributed by atoms with Crippen LogP contribution in [-0.2, 0) is 14.4 Å². The molecule has 4 amide bonds. The highest BCUT2D eigenvalue weighted by Gasteiger charge is 2.35. The van der Waals surface area contributed by atoms with Gasteiger partial charge < -0.3 is 10.2 Å². The van der Waals surface area contributed by atoms with Crippen LogP contribution in [0.5, 0.6) is 0 Å². The van der Waals surface area contributed by atoms with E-state index in [2.05, 4.69) is 10.7 Å². The number of urea groups is 1. The van der Waals surface area contributed by atoms with E-state index in [4.69, 9.17) is 0 Å². The van der Waals surface area contributed by atoms with Crippen molar-refractivity contribution < 1.29 is 19.2 Å². The fraction of sp³-hybridized carbons (Fsp3) is 0.789. The van der Waals surface area contributed by atoms with Crippen LogP contribution in [-0.4, -0.2) is 59.7 Å². The summed E-state index contributed by atoms with van der Waals surface area (Å²) in [6.45, 7) is 6.68. The Bertz CT molecular complexity index is 593. The summed E-state index contributed by atoms with van der Waals surface area (Å²) in [5.41, 5.74) is 2.13. The van der Waals surface area contributed by atoms with Crippen molar-refractivity contribution in [2.75, 3.05) is 20.1 Å². The van der Waals surface area contributed by atoms with Gasteiger partial charge in [0.2, 0.25) is 11.7 Å². The lowest BCUT2D eigenvalue weighted by Gasteiger charge is -2.28. The highest BCUT2D eigenvalue weighted by Crippen LogP contribution is 2.25. The highest BCUT2D eigenvalue weighted by atomic mass is 16.2. The topological polar surface area (TPSA) is 98.8 Å². The van der Waals surface area contributed by atoms with E-state index >= 15 is 0 Å². The number of nitrogens with zero attached hydrogens (tertiary/aromatic N) is 2. The number of hydrogen-bond donors (Lipinski definition) is 2. The van der Waals surface area contributed by atoms with Crippen LogP contribution < -0.4 is 10.7 Å². The number of hydrogen-bond acceptors (Lipinski definition) is 4. The number of rotatable bonds is 6. The van der Waals surface area contributed by atoms with Crippen molar-refractivity contribution in [1.82, 2.24) is 20.7 Å². The SMILES string of the molecule is CN1CCN(NC(=O)C(=O)C(CC(C)(C)C)NC(=O)C2CCCCC2)C1=O. The minimum Gasteiger partial charge on any atom is -0.345 e. The van der Waals surface area contributed by atoms with Gasteiger partial charge in [0.15, 0.2) is 0 Å². The molecule has 0 aromatic rings. The molecule has 8 nitrogen and oxygen atoms in total. The Morgan fingerprint density at radius 3 is 2.26 bits per heavy atom. The van der Waals surface area contributed by atoms with E-state index in [-0.39, 0.29) is 23.3 Å². The Morgan fingerprint density at radius 1 is 1.11 bits per heavy atom. The zero-order valence-electron chi connectivity index (χ0n) is 16.8. The maximum atomic E-state index is 12.7. The largest absolute Gasteiger partial charge is 0.345 e. The van der Waals surface area contributed by atoms with Crippen molar-refractivity contribution >= 4 is 23.6 Å². The number of amides is 4. The molecule has 1 aliphatic heterocycles. The standard InChI is InChI=1S/C19H32N4O4/c1-19(2,3)12-14(20-16(25)13-8-6-5-7-9-13)15(24)17(26)21-23-11-10-22(4)18(23)27/h13-14H,5-12H2,1-4H3,(H,20,25)(H,21,26). The predicted molar refractivity (Wildman–Crippen MR) is 100 cm³/mol. The van der Waals surface area contributed by atoms with Crippen LogP contribution in [0.2, 0.25) is 0 Å². The number of carbonyl (C=O) groups excluding carboxylic acids is 4. The van der Waals surface area contributed by atoms with Crippen LogP contribution in [0, 0.1) is 11.3 Å². The van der Waals surface area contributed by atoms with Gasteiger partial charge in [-0.05, 0) is 24.7 Å². The van der Waals surface area contributed by atoms with Crippen LogP contribution in [0.3, 0.4) is 0 Å². The Kier molecular flexibility index (Phi) is 6.84. The summed E-state index contributed by atoms with van der Waals surface area (Å²) in [6.07, 6.45) is 5.16. The number of hydrazine groups is 1. The number of likely N-dealkylation sites (N-methyl/N-ethyl adjacent to an activating group) is 1. The van der Waals surface area contributed by atoms with Gasteiger partial charge in [0.05, 0.1) is 12.6 Å². The van der Waals surface area contributed by atoms with Crippen LogP contribution in [0.1, 0.15) is 59.3 Å². The molecule has 2 fully saturated rings. The van der Waals surface area contributed by atoms with Crippen LogP contribution in [0.4, 0.5) is 4.79 Å². The average Bonchev–Trinajstić information content (AvgIpc) is 2.92.